The molecule has 0 saturated carbocycles. The molecule has 1 atom stereocenters. The molecular weight excluding hydrogens is 308 g/mol. The highest BCUT2D eigenvalue weighted by molar-refractivity contribution is 7.83. The van der Waals surface area contributed by atoms with Crippen LogP contribution in [0.25, 0.3) is 10.9 Å². The second-order valence-electron chi connectivity index (χ2n) is 5.31. The predicted octanol–water partition coefficient (Wildman–Crippen LogP) is 1.99. The zero-order chi connectivity index (χ0) is 14.8. The van der Waals surface area contributed by atoms with Gasteiger partial charge in [-0.1, -0.05) is 11.6 Å². The molecule has 1 fully saturated rings. The third-order valence-electron chi connectivity index (χ3n) is 3.70. The van der Waals surface area contributed by atoms with Crippen molar-refractivity contribution in [2.75, 3.05) is 20.1 Å². The van der Waals surface area contributed by atoms with Crippen molar-refractivity contribution in [3.8, 4) is 0 Å². The second kappa shape index (κ2) is 6.36. The number of pyridine rings is 2. The van der Waals surface area contributed by atoms with E-state index in [1.54, 1.807) is 18.3 Å². The molecule has 2 aromatic rings. The fourth-order valence-electron chi connectivity index (χ4n) is 2.41. The minimum Gasteiger partial charge on any atom is -0.306 e. The molecular formula is C14H17ClN4OS. The molecule has 2 aromatic heterocycles. The van der Waals surface area contributed by atoms with Gasteiger partial charge in [-0.05, 0) is 45.1 Å². The Bertz CT molecular complexity index is 673. The summed E-state index contributed by atoms with van der Waals surface area (Å²) in [5, 5.41) is 1.81. The lowest BCUT2D eigenvalue weighted by molar-refractivity contribution is 0.249. The fourth-order valence-corrected chi connectivity index (χ4v) is 3.60. The summed E-state index contributed by atoms with van der Waals surface area (Å²) in [6.45, 7) is 2.06. The third-order valence-corrected chi connectivity index (χ3v) is 5.06. The molecule has 0 aliphatic carbocycles. The van der Waals surface area contributed by atoms with E-state index in [1.165, 1.54) is 0 Å². The molecule has 1 N–H and O–H groups in total. The van der Waals surface area contributed by atoms with E-state index in [2.05, 4.69) is 26.6 Å². The summed E-state index contributed by atoms with van der Waals surface area (Å²) < 4.78 is 15.6. The Balaban J connectivity index is 1.75. The summed E-state index contributed by atoms with van der Waals surface area (Å²) in [5.74, 6) is 0. The molecule has 1 unspecified atom stereocenters. The summed E-state index contributed by atoms with van der Waals surface area (Å²) in [4.78, 5) is 10.7. The van der Waals surface area contributed by atoms with Crippen LogP contribution in [0.15, 0.2) is 29.4 Å². The van der Waals surface area contributed by atoms with Gasteiger partial charge in [0.15, 0.2) is 0 Å². The number of hydrogen-bond acceptors (Lipinski definition) is 4. The lowest BCUT2D eigenvalue weighted by Crippen LogP contribution is -2.41. The van der Waals surface area contributed by atoms with Gasteiger partial charge < -0.3 is 4.90 Å². The van der Waals surface area contributed by atoms with Gasteiger partial charge in [-0.2, -0.15) is 0 Å². The van der Waals surface area contributed by atoms with Crippen molar-refractivity contribution in [3.63, 3.8) is 0 Å². The maximum absolute atomic E-state index is 12.4. The molecule has 5 nitrogen and oxygen atoms in total. The molecule has 0 radical (unpaired) electrons. The van der Waals surface area contributed by atoms with E-state index in [9.17, 15) is 4.21 Å². The molecule has 0 amide bonds. The van der Waals surface area contributed by atoms with Gasteiger partial charge in [-0.3, -0.25) is 0 Å². The van der Waals surface area contributed by atoms with E-state index in [0.29, 0.717) is 15.7 Å². The highest BCUT2D eigenvalue weighted by Gasteiger charge is 2.19. The number of halogens is 1. The van der Waals surface area contributed by atoms with Crippen molar-refractivity contribution in [3.05, 3.63) is 29.5 Å². The first kappa shape index (κ1) is 14.8. The molecule has 0 bridgehead atoms. The van der Waals surface area contributed by atoms with Gasteiger partial charge in [-0.25, -0.2) is 18.9 Å². The highest BCUT2D eigenvalue weighted by Crippen LogP contribution is 2.17. The Morgan fingerprint density at radius 1 is 1.38 bits per heavy atom. The first-order chi connectivity index (χ1) is 10.1. The topological polar surface area (TPSA) is 58.1 Å². The first-order valence-electron chi connectivity index (χ1n) is 6.90. The normalized spacial score (nSPS) is 19.0. The van der Waals surface area contributed by atoms with Crippen molar-refractivity contribution < 1.29 is 4.21 Å². The molecule has 1 aliphatic heterocycles. The molecule has 0 aromatic carbocycles. The Morgan fingerprint density at radius 3 is 2.90 bits per heavy atom. The highest BCUT2D eigenvalue weighted by atomic mass is 35.5. The standard InChI is InChI=1S/C14H17ClN4OS/c1-19-6-4-11(5-7-19)18-21(20)14-3-2-10-9-16-13(15)8-12(10)17-14/h2-3,8-9,11,18H,4-7H2,1H3. The minimum absolute atomic E-state index is 0.278. The monoisotopic (exact) mass is 324 g/mol. The average Bonchev–Trinajstić information content (AvgIpc) is 2.48. The zero-order valence-corrected chi connectivity index (χ0v) is 13.3. The van der Waals surface area contributed by atoms with Crippen LogP contribution in [-0.4, -0.2) is 45.3 Å². The molecule has 1 saturated heterocycles. The maximum Gasteiger partial charge on any atom is 0.144 e. The smallest absolute Gasteiger partial charge is 0.144 e. The summed E-state index contributed by atoms with van der Waals surface area (Å²) >= 11 is 5.87. The fraction of sp³-hybridized carbons (Fsp3) is 0.429. The first-order valence-corrected chi connectivity index (χ1v) is 8.43. The molecule has 112 valence electrons. The zero-order valence-electron chi connectivity index (χ0n) is 11.8. The quantitative estimate of drug-likeness (QED) is 0.877. The van der Waals surface area contributed by atoms with Crippen molar-refractivity contribution in [2.24, 2.45) is 0 Å². The van der Waals surface area contributed by atoms with Gasteiger partial charge in [0.1, 0.15) is 21.2 Å². The predicted molar refractivity (Wildman–Crippen MR) is 84.6 cm³/mol. The van der Waals surface area contributed by atoms with E-state index in [1.807, 2.05) is 6.07 Å². The largest absolute Gasteiger partial charge is 0.306 e. The van der Waals surface area contributed by atoms with Gasteiger partial charge in [0.25, 0.3) is 0 Å². The van der Waals surface area contributed by atoms with Crippen molar-refractivity contribution >= 4 is 33.5 Å². The van der Waals surface area contributed by atoms with Gasteiger partial charge in [-0.15, -0.1) is 0 Å². The summed E-state index contributed by atoms with van der Waals surface area (Å²) in [6.07, 6.45) is 3.68. The second-order valence-corrected chi connectivity index (χ2v) is 6.89. The Hall–Kier alpha value is -1.08. The van der Waals surface area contributed by atoms with Crippen LogP contribution in [0.2, 0.25) is 5.15 Å². The van der Waals surface area contributed by atoms with Crippen LogP contribution < -0.4 is 4.72 Å². The van der Waals surface area contributed by atoms with Crippen LogP contribution in [0.5, 0.6) is 0 Å². The summed E-state index contributed by atoms with van der Waals surface area (Å²) in [6, 6.07) is 5.61. The maximum atomic E-state index is 12.4. The van der Waals surface area contributed by atoms with E-state index in [4.69, 9.17) is 11.6 Å². The lowest BCUT2D eigenvalue weighted by Gasteiger charge is -2.28. The molecule has 0 spiro atoms. The van der Waals surface area contributed by atoms with Gasteiger partial charge in [0.05, 0.1) is 5.52 Å². The van der Waals surface area contributed by atoms with Gasteiger partial charge in [0, 0.05) is 23.7 Å². The Kier molecular flexibility index (Phi) is 4.49. The van der Waals surface area contributed by atoms with Crippen molar-refractivity contribution in [1.29, 1.82) is 0 Å². The number of hydrogen-bond donors (Lipinski definition) is 1. The van der Waals surface area contributed by atoms with Crippen LogP contribution >= 0.6 is 11.6 Å². The third kappa shape index (κ3) is 3.58. The number of rotatable bonds is 3. The SMILES string of the molecule is CN1CCC(NS(=O)c2ccc3cnc(Cl)cc3n2)CC1. The molecule has 3 heterocycles. The van der Waals surface area contributed by atoms with Crippen LogP contribution in [0.1, 0.15) is 12.8 Å². The van der Waals surface area contributed by atoms with Gasteiger partial charge >= 0.3 is 0 Å². The number of nitrogens with zero attached hydrogens (tertiary/aromatic N) is 3. The van der Waals surface area contributed by atoms with Gasteiger partial charge in [0.2, 0.25) is 0 Å². The van der Waals surface area contributed by atoms with Crippen molar-refractivity contribution in [1.82, 2.24) is 19.6 Å². The number of aromatic nitrogens is 2. The van der Waals surface area contributed by atoms with Crippen molar-refractivity contribution in [2.45, 2.75) is 23.9 Å². The molecule has 1 aliphatic rings. The van der Waals surface area contributed by atoms with Crippen LogP contribution in [-0.2, 0) is 11.0 Å². The van der Waals surface area contributed by atoms with Crippen LogP contribution in [0, 0.1) is 0 Å². The summed E-state index contributed by atoms with van der Waals surface area (Å²) in [7, 11) is 0.809. The van der Waals surface area contributed by atoms with E-state index in [0.717, 1.165) is 31.3 Å². The Labute approximate surface area is 131 Å². The van der Waals surface area contributed by atoms with E-state index >= 15 is 0 Å². The minimum atomic E-state index is -1.30. The molecule has 3 rings (SSSR count). The van der Waals surface area contributed by atoms with E-state index < -0.39 is 11.0 Å². The number of nitrogens with one attached hydrogen (secondary N) is 1. The molecule has 21 heavy (non-hydrogen) atoms. The van der Waals surface area contributed by atoms with Crippen LogP contribution in [0.4, 0.5) is 0 Å². The van der Waals surface area contributed by atoms with Crippen LogP contribution in [0.3, 0.4) is 0 Å². The molecule has 7 heteroatoms. The lowest BCUT2D eigenvalue weighted by atomic mass is 10.1. The van der Waals surface area contributed by atoms with E-state index in [-0.39, 0.29) is 6.04 Å². The number of fused-ring (bicyclic) bond motifs is 1. The summed E-state index contributed by atoms with van der Waals surface area (Å²) in [5.41, 5.74) is 0.714. The average molecular weight is 325 g/mol. The Morgan fingerprint density at radius 2 is 2.14 bits per heavy atom. The number of likely N-dealkylation sites (tertiary alicyclic amines) is 1. The number of piperidine rings is 1.